The molecule has 1 saturated carbocycles. The molecule has 0 saturated heterocycles. The molecule has 0 amide bonds. The third kappa shape index (κ3) is 3.48. The average molecular weight is 353 g/mol. The van der Waals surface area contributed by atoms with Crippen molar-refractivity contribution in [3.63, 3.8) is 0 Å². The lowest BCUT2D eigenvalue weighted by atomic mass is 9.62. The fourth-order valence-corrected chi connectivity index (χ4v) is 3.81. The summed E-state index contributed by atoms with van der Waals surface area (Å²) in [7, 11) is 0. The summed E-state index contributed by atoms with van der Waals surface area (Å²) in [6.45, 7) is 0. The number of aliphatic carboxylic acids is 2. The molecule has 1 aliphatic carbocycles. The summed E-state index contributed by atoms with van der Waals surface area (Å²) < 4.78 is 0. The second-order valence-corrected chi connectivity index (χ2v) is 7.13. The highest BCUT2D eigenvalue weighted by Crippen LogP contribution is 2.45. The van der Waals surface area contributed by atoms with Gasteiger partial charge in [0.25, 0.3) is 0 Å². The standard InChI is InChI=1S/C21H23NO4/c22-21(20(25)26,17-11-16(12-17)19(23)24)13-18(14-7-3-1-4-8-14)15-9-5-2-6-10-15/h1-10,16-18H,11-13,22H2,(H,23,24)(H,25,26)/t16-,17+,21?. The fraction of sp³-hybridized carbons (Fsp3) is 0.333. The summed E-state index contributed by atoms with van der Waals surface area (Å²) >= 11 is 0. The summed E-state index contributed by atoms with van der Waals surface area (Å²) in [5, 5.41) is 19.0. The zero-order valence-corrected chi connectivity index (χ0v) is 14.4. The van der Waals surface area contributed by atoms with Gasteiger partial charge >= 0.3 is 11.9 Å². The molecule has 5 nitrogen and oxygen atoms in total. The third-order valence-corrected chi connectivity index (χ3v) is 5.56. The third-order valence-electron chi connectivity index (χ3n) is 5.56. The maximum Gasteiger partial charge on any atom is 0.323 e. The molecule has 1 fully saturated rings. The van der Waals surface area contributed by atoms with E-state index >= 15 is 0 Å². The second-order valence-electron chi connectivity index (χ2n) is 7.13. The van der Waals surface area contributed by atoms with Crippen LogP contribution in [-0.2, 0) is 9.59 Å². The molecule has 0 spiro atoms. The predicted molar refractivity (Wildman–Crippen MR) is 97.7 cm³/mol. The number of hydrogen-bond acceptors (Lipinski definition) is 3. The molecule has 26 heavy (non-hydrogen) atoms. The van der Waals surface area contributed by atoms with Gasteiger partial charge in [0.15, 0.2) is 0 Å². The first-order chi connectivity index (χ1) is 12.4. The summed E-state index contributed by atoms with van der Waals surface area (Å²) in [5.74, 6) is -2.94. The molecule has 2 aromatic rings. The van der Waals surface area contributed by atoms with Crippen LogP contribution < -0.4 is 5.73 Å². The van der Waals surface area contributed by atoms with Gasteiger partial charge in [-0.2, -0.15) is 0 Å². The Morgan fingerprint density at radius 1 is 0.962 bits per heavy atom. The van der Waals surface area contributed by atoms with E-state index in [1.807, 2.05) is 60.7 Å². The van der Waals surface area contributed by atoms with Crippen LogP contribution in [0.2, 0.25) is 0 Å². The van der Waals surface area contributed by atoms with Crippen LogP contribution in [0.15, 0.2) is 60.7 Å². The van der Waals surface area contributed by atoms with Crippen molar-refractivity contribution >= 4 is 11.9 Å². The Kier molecular flexibility index (Phi) is 5.09. The number of hydrogen-bond donors (Lipinski definition) is 3. The van der Waals surface area contributed by atoms with Crippen molar-refractivity contribution in [1.82, 2.24) is 0 Å². The van der Waals surface area contributed by atoms with Crippen molar-refractivity contribution in [3.05, 3.63) is 71.8 Å². The normalized spacial score (nSPS) is 21.6. The molecular weight excluding hydrogens is 330 g/mol. The Morgan fingerprint density at radius 2 is 1.42 bits per heavy atom. The van der Waals surface area contributed by atoms with Crippen molar-refractivity contribution < 1.29 is 19.8 Å². The molecule has 4 N–H and O–H groups in total. The zero-order chi connectivity index (χ0) is 18.7. The highest BCUT2D eigenvalue weighted by atomic mass is 16.4. The van der Waals surface area contributed by atoms with Crippen molar-refractivity contribution in [3.8, 4) is 0 Å². The second kappa shape index (κ2) is 7.30. The first-order valence-electron chi connectivity index (χ1n) is 8.76. The highest BCUT2D eigenvalue weighted by Gasteiger charge is 2.51. The van der Waals surface area contributed by atoms with Crippen molar-refractivity contribution in [1.29, 1.82) is 0 Å². The molecule has 136 valence electrons. The minimum atomic E-state index is -1.46. The van der Waals surface area contributed by atoms with Gasteiger partial charge in [-0.1, -0.05) is 60.7 Å². The molecule has 0 bridgehead atoms. The maximum atomic E-state index is 12.1. The Labute approximate surface area is 152 Å². The van der Waals surface area contributed by atoms with Gasteiger partial charge in [0.05, 0.1) is 5.92 Å². The molecule has 0 aromatic heterocycles. The summed E-state index contributed by atoms with van der Waals surface area (Å²) in [6.07, 6.45) is 0.857. The molecule has 1 unspecified atom stereocenters. The SMILES string of the molecule is NC(CC(c1ccccc1)c1ccccc1)(C(=O)O)[C@H]1C[C@@H](C(=O)O)C1. The van der Waals surface area contributed by atoms with E-state index in [1.54, 1.807) is 0 Å². The quantitative estimate of drug-likeness (QED) is 0.710. The average Bonchev–Trinajstić information content (AvgIpc) is 2.59. The van der Waals surface area contributed by atoms with Gasteiger partial charge < -0.3 is 15.9 Å². The number of rotatable bonds is 7. The van der Waals surface area contributed by atoms with Crippen molar-refractivity contribution in [2.75, 3.05) is 0 Å². The Morgan fingerprint density at radius 3 is 1.81 bits per heavy atom. The van der Waals surface area contributed by atoms with Crippen LogP contribution in [0.25, 0.3) is 0 Å². The molecule has 3 rings (SSSR count). The van der Waals surface area contributed by atoms with Gasteiger partial charge in [0, 0.05) is 5.92 Å². The minimum Gasteiger partial charge on any atom is -0.481 e. The van der Waals surface area contributed by atoms with E-state index in [0.29, 0.717) is 12.8 Å². The molecule has 1 atom stereocenters. The molecule has 1 aliphatic rings. The van der Waals surface area contributed by atoms with E-state index in [9.17, 15) is 14.7 Å². The summed E-state index contributed by atoms with van der Waals surface area (Å²) in [6, 6.07) is 19.4. The lowest BCUT2D eigenvalue weighted by Crippen LogP contribution is -2.59. The first-order valence-corrected chi connectivity index (χ1v) is 8.76. The van der Waals surface area contributed by atoms with Crippen LogP contribution in [0.5, 0.6) is 0 Å². The van der Waals surface area contributed by atoms with E-state index in [4.69, 9.17) is 10.8 Å². The Balaban J connectivity index is 1.91. The van der Waals surface area contributed by atoms with Crippen LogP contribution in [0, 0.1) is 11.8 Å². The Hall–Kier alpha value is -2.66. The molecule has 0 aliphatic heterocycles. The molecule has 5 heteroatoms. The maximum absolute atomic E-state index is 12.1. The van der Waals surface area contributed by atoms with E-state index in [1.165, 1.54) is 0 Å². The van der Waals surface area contributed by atoms with Crippen LogP contribution >= 0.6 is 0 Å². The highest BCUT2D eigenvalue weighted by molar-refractivity contribution is 5.80. The largest absolute Gasteiger partial charge is 0.481 e. The van der Waals surface area contributed by atoms with Gasteiger partial charge in [-0.15, -0.1) is 0 Å². The molecule has 0 heterocycles. The fourth-order valence-electron chi connectivity index (χ4n) is 3.81. The molecular formula is C21H23NO4. The molecule has 0 radical (unpaired) electrons. The van der Waals surface area contributed by atoms with E-state index in [2.05, 4.69) is 0 Å². The van der Waals surface area contributed by atoms with E-state index in [-0.39, 0.29) is 18.3 Å². The number of carboxylic acid groups (broad SMARTS) is 2. The minimum absolute atomic E-state index is 0.164. The van der Waals surface area contributed by atoms with Gasteiger partial charge in [0.1, 0.15) is 5.54 Å². The summed E-state index contributed by atoms with van der Waals surface area (Å²) in [5.41, 5.74) is 6.94. The van der Waals surface area contributed by atoms with Crippen LogP contribution in [-0.4, -0.2) is 27.7 Å². The number of benzene rings is 2. The van der Waals surface area contributed by atoms with Gasteiger partial charge in [-0.25, -0.2) is 0 Å². The lowest BCUT2D eigenvalue weighted by molar-refractivity contribution is -0.156. The Bertz CT molecular complexity index is 732. The van der Waals surface area contributed by atoms with Crippen LogP contribution in [0.4, 0.5) is 0 Å². The summed E-state index contributed by atoms with van der Waals surface area (Å²) in [4.78, 5) is 23.2. The zero-order valence-electron chi connectivity index (χ0n) is 14.4. The monoisotopic (exact) mass is 353 g/mol. The van der Waals surface area contributed by atoms with Crippen LogP contribution in [0.1, 0.15) is 36.3 Å². The number of carboxylic acids is 2. The first kappa shape index (κ1) is 18.1. The molecule has 2 aromatic carbocycles. The van der Waals surface area contributed by atoms with Gasteiger partial charge in [-0.05, 0) is 36.3 Å². The lowest BCUT2D eigenvalue weighted by Gasteiger charge is -2.44. The smallest absolute Gasteiger partial charge is 0.323 e. The predicted octanol–water partition coefficient (Wildman–Crippen LogP) is 3.10. The number of carbonyl (C=O) groups is 2. The van der Waals surface area contributed by atoms with Gasteiger partial charge in [0.2, 0.25) is 0 Å². The van der Waals surface area contributed by atoms with Crippen molar-refractivity contribution in [2.24, 2.45) is 17.6 Å². The van der Waals surface area contributed by atoms with E-state index < -0.39 is 23.4 Å². The van der Waals surface area contributed by atoms with Crippen LogP contribution in [0.3, 0.4) is 0 Å². The van der Waals surface area contributed by atoms with Crippen molar-refractivity contribution in [2.45, 2.75) is 30.7 Å². The topological polar surface area (TPSA) is 101 Å². The number of nitrogens with two attached hydrogens (primary N) is 1. The van der Waals surface area contributed by atoms with Gasteiger partial charge in [-0.3, -0.25) is 9.59 Å². The van der Waals surface area contributed by atoms with E-state index in [0.717, 1.165) is 11.1 Å².